The summed E-state index contributed by atoms with van der Waals surface area (Å²) in [6, 6.07) is 12.4. The van der Waals surface area contributed by atoms with E-state index in [0.29, 0.717) is 46.1 Å². The Morgan fingerprint density at radius 1 is 1.16 bits per heavy atom. The molecule has 3 heterocycles. The Morgan fingerprint density at radius 3 is 2.46 bits per heavy atom. The van der Waals surface area contributed by atoms with Gasteiger partial charge in [-0.25, -0.2) is 8.78 Å². The molecule has 1 spiro atoms. The summed E-state index contributed by atoms with van der Waals surface area (Å²) < 4.78 is 39.9. The Hall–Kier alpha value is -3.32. The van der Waals surface area contributed by atoms with Gasteiger partial charge < -0.3 is 20.1 Å². The lowest BCUT2D eigenvalue weighted by molar-refractivity contribution is 0.0497. The number of carbonyl (C=O) groups excluding carboxylic acids is 1. The van der Waals surface area contributed by atoms with Crippen molar-refractivity contribution in [2.75, 3.05) is 26.8 Å². The number of thiophene rings is 1. The van der Waals surface area contributed by atoms with Crippen LogP contribution >= 0.6 is 11.3 Å². The van der Waals surface area contributed by atoms with Crippen molar-refractivity contribution in [3.8, 4) is 33.4 Å². The van der Waals surface area contributed by atoms with Crippen LogP contribution in [0.4, 0.5) is 8.78 Å². The van der Waals surface area contributed by atoms with Crippen molar-refractivity contribution in [2.24, 2.45) is 11.1 Å². The van der Waals surface area contributed by atoms with Crippen molar-refractivity contribution in [1.29, 1.82) is 5.26 Å². The van der Waals surface area contributed by atoms with E-state index in [1.54, 1.807) is 18.2 Å². The van der Waals surface area contributed by atoms with Crippen LogP contribution in [0.2, 0.25) is 0 Å². The first-order valence-corrected chi connectivity index (χ1v) is 12.9. The molecule has 2 atom stereocenters. The summed E-state index contributed by atoms with van der Waals surface area (Å²) in [5, 5.41) is 9.11. The van der Waals surface area contributed by atoms with E-state index in [1.807, 2.05) is 17.9 Å². The van der Waals surface area contributed by atoms with Gasteiger partial charge in [0.05, 0.1) is 30.3 Å². The molecule has 0 unspecified atom stereocenters. The summed E-state index contributed by atoms with van der Waals surface area (Å²) in [5.74, 6) is -1.22. The molecule has 2 fully saturated rings. The normalized spacial score (nSPS) is 20.7. The van der Waals surface area contributed by atoms with E-state index in [-0.39, 0.29) is 34.8 Å². The molecule has 2 aliphatic rings. The highest BCUT2D eigenvalue weighted by atomic mass is 32.1. The van der Waals surface area contributed by atoms with Crippen molar-refractivity contribution in [2.45, 2.75) is 31.9 Å². The fraction of sp³-hybridized carbons (Fsp3) is 0.357. The minimum absolute atomic E-state index is 0.00220. The van der Waals surface area contributed by atoms with Gasteiger partial charge in [-0.1, -0.05) is 6.07 Å². The number of piperidine rings is 1. The van der Waals surface area contributed by atoms with Gasteiger partial charge >= 0.3 is 0 Å². The topological polar surface area (TPSA) is 88.6 Å². The van der Waals surface area contributed by atoms with Crippen molar-refractivity contribution >= 4 is 17.2 Å². The molecule has 0 saturated carbocycles. The zero-order valence-corrected chi connectivity index (χ0v) is 21.4. The third-order valence-corrected chi connectivity index (χ3v) is 8.82. The second-order valence-corrected chi connectivity index (χ2v) is 10.8. The van der Waals surface area contributed by atoms with Crippen molar-refractivity contribution in [1.82, 2.24) is 4.90 Å². The van der Waals surface area contributed by atoms with E-state index < -0.39 is 11.6 Å². The lowest BCUT2D eigenvalue weighted by atomic mass is 9.73. The number of methoxy groups -OCH3 is 1. The maximum absolute atomic E-state index is 14.6. The molecule has 0 aliphatic carbocycles. The maximum Gasteiger partial charge on any atom is 0.263 e. The second-order valence-electron chi connectivity index (χ2n) is 9.71. The van der Waals surface area contributed by atoms with Crippen LogP contribution in [0, 0.1) is 28.4 Å². The number of amides is 1. The predicted molar refractivity (Wildman–Crippen MR) is 137 cm³/mol. The Bertz CT molecular complexity index is 1390. The number of carbonyl (C=O) groups is 1. The van der Waals surface area contributed by atoms with Gasteiger partial charge in [0.25, 0.3) is 5.91 Å². The van der Waals surface area contributed by atoms with Crippen LogP contribution in [0.15, 0.2) is 42.5 Å². The highest BCUT2D eigenvalue weighted by molar-refractivity contribution is 7.18. The SMILES string of the molecule is COc1ccc(-c2sc(C(=O)N3CCC4(CC3)CO[C@@H](C)[C@H]4N)cc2-c2ccc(C#N)c(F)c2)cc1F. The smallest absolute Gasteiger partial charge is 0.263 e. The van der Waals surface area contributed by atoms with Crippen LogP contribution in [0.25, 0.3) is 21.6 Å². The number of halogens is 2. The van der Waals surface area contributed by atoms with Crippen LogP contribution in [-0.2, 0) is 4.74 Å². The number of ether oxygens (including phenoxy) is 2. The van der Waals surface area contributed by atoms with E-state index in [9.17, 15) is 13.6 Å². The zero-order valence-electron chi connectivity index (χ0n) is 20.6. The number of nitriles is 1. The molecule has 3 aromatic rings. The molecule has 2 aromatic carbocycles. The Balaban J connectivity index is 1.49. The predicted octanol–water partition coefficient (Wildman–Crippen LogP) is 5.21. The lowest BCUT2D eigenvalue weighted by Gasteiger charge is -2.41. The molecule has 1 aromatic heterocycles. The van der Waals surface area contributed by atoms with Gasteiger partial charge in [0, 0.05) is 35.0 Å². The molecular weight excluding hydrogens is 496 g/mol. The Labute approximate surface area is 218 Å². The summed E-state index contributed by atoms with van der Waals surface area (Å²) in [5.41, 5.74) is 7.88. The van der Waals surface area contributed by atoms with E-state index in [4.69, 9.17) is 20.5 Å². The molecule has 9 heteroatoms. The van der Waals surface area contributed by atoms with Crippen molar-refractivity contribution < 1.29 is 23.0 Å². The van der Waals surface area contributed by atoms with Crippen molar-refractivity contribution in [3.05, 3.63) is 64.5 Å². The number of rotatable bonds is 4. The van der Waals surface area contributed by atoms with Gasteiger partial charge in [-0.15, -0.1) is 11.3 Å². The van der Waals surface area contributed by atoms with E-state index >= 15 is 0 Å². The minimum atomic E-state index is -0.656. The number of benzene rings is 2. The first-order valence-electron chi connectivity index (χ1n) is 12.1. The number of hydrogen-bond acceptors (Lipinski definition) is 6. The first kappa shape index (κ1) is 25.3. The fourth-order valence-electron chi connectivity index (χ4n) is 5.29. The average molecular weight is 524 g/mol. The summed E-state index contributed by atoms with van der Waals surface area (Å²) in [6.45, 7) is 3.72. The van der Waals surface area contributed by atoms with E-state index in [0.717, 1.165) is 12.8 Å². The molecule has 2 saturated heterocycles. The van der Waals surface area contributed by atoms with Crippen molar-refractivity contribution in [3.63, 3.8) is 0 Å². The van der Waals surface area contributed by atoms with E-state index in [2.05, 4.69) is 0 Å². The van der Waals surface area contributed by atoms with Gasteiger partial charge in [0.2, 0.25) is 0 Å². The second kappa shape index (κ2) is 9.86. The van der Waals surface area contributed by atoms with Crippen LogP contribution in [0.1, 0.15) is 35.0 Å². The molecule has 2 N–H and O–H groups in total. The molecule has 192 valence electrons. The molecule has 0 radical (unpaired) electrons. The first-order chi connectivity index (χ1) is 17.8. The summed E-state index contributed by atoms with van der Waals surface area (Å²) >= 11 is 1.24. The molecule has 37 heavy (non-hydrogen) atoms. The number of hydrogen-bond donors (Lipinski definition) is 1. The standard InChI is InChI=1S/C28H27F2N3O3S/c1-16-26(32)28(15-36-16)7-9-33(10-8-28)27(34)24-13-20(17-3-4-19(14-31)21(29)11-17)25(37-24)18-5-6-23(35-2)22(30)12-18/h3-6,11-13,16,26H,7-10,15,32H2,1-2H3/t16-,26+/m0/s1. The highest BCUT2D eigenvalue weighted by Crippen LogP contribution is 2.44. The highest BCUT2D eigenvalue weighted by Gasteiger charge is 2.48. The maximum atomic E-state index is 14.6. The number of nitrogens with two attached hydrogens (primary N) is 1. The zero-order chi connectivity index (χ0) is 26.3. The van der Waals surface area contributed by atoms with Gasteiger partial charge in [-0.05, 0) is 67.3 Å². The molecule has 0 bridgehead atoms. The minimum Gasteiger partial charge on any atom is -0.494 e. The Morgan fingerprint density at radius 2 is 1.86 bits per heavy atom. The van der Waals surface area contributed by atoms with Gasteiger partial charge in [0.15, 0.2) is 11.6 Å². The molecule has 6 nitrogen and oxygen atoms in total. The third kappa shape index (κ3) is 4.50. The molecule has 1 amide bonds. The lowest BCUT2D eigenvalue weighted by Crippen LogP contribution is -2.51. The largest absolute Gasteiger partial charge is 0.494 e. The van der Waals surface area contributed by atoms with Gasteiger partial charge in [0.1, 0.15) is 11.9 Å². The van der Waals surface area contributed by atoms with Gasteiger partial charge in [-0.3, -0.25) is 4.79 Å². The average Bonchev–Trinajstić information content (AvgIpc) is 3.47. The molecule has 2 aliphatic heterocycles. The summed E-state index contributed by atoms with van der Waals surface area (Å²) in [4.78, 5) is 16.5. The van der Waals surface area contributed by atoms with Crippen LogP contribution in [0.5, 0.6) is 5.75 Å². The molecule has 5 rings (SSSR count). The quantitative estimate of drug-likeness (QED) is 0.507. The molecular formula is C28H27F2N3O3S. The summed E-state index contributed by atoms with van der Waals surface area (Å²) in [6.07, 6.45) is 1.53. The van der Waals surface area contributed by atoms with Crippen LogP contribution in [-0.4, -0.2) is 49.8 Å². The number of likely N-dealkylation sites (tertiary alicyclic amines) is 1. The van der Waals surface area contributed by atoms with Crippen LogP contribution < -0.4 is 10.5 Å². The van der Waals surface area contributed by atoms with Crippen LogP contribution in [0.3, 0.4) is 0 Å². The Kier molecular flexibility index (Phi) is 6.75. The summed E-state index contributed by atoms with van der Waals surface area (Å²) in [7, 11) is 1.39. The van der Waals surface area contributed by atoms with Gasteiger partial charge in [-0.2, -0.15) is 5.26 Å². The monoisotopic (exact) mass is 523 g/mol. The number of nitrogens with zero attached hydrogens (tertiary/aromatic N) is 2. The third-order valence-electron chi connectivity index (χ3n) is 7.65. The van der Waals surface area contributed by atoms with E-state index in [1.165, 1.54) is 42.7 Å². The fourth-order valence-corrected chi connectivity index (χ4v) is 6.43.